The van der Waals surface area contributed by atoms with Crippen molar-refractivity contribution < 1.29 is 18.1 Å². The summed E-state index contributed by atoms with van der Waals surface area (Å²) in [5, 5.41) is 10.4. The topological polar surface area (TPSA) is 69.2 Å². The predicted molar refractivity (Wildman–Crippen MR) is 50.2 cm³/mol. The minimum atomic E-state index is -4.85. The summed E-state index contributed by atoms with van der Waals surface area (Å²) in [4.78, 5) is 9.25. The van der Waals surface area contributed by atoms with Gasteiger partial charge in [-0.3, -0.25) is 10.1 Å². The second-order valence-corrected chi connectivity index (χ2v) is 3.46. The third-order valence-electron chi connectivity index (χ3n) is 1.65. The second-order valence-electron chi connectivity index (χ2n) is 2.61. The average Bonchev–Trinajstić information content (AvgIpc) is 2.06. The van der Waals surface area contributed by atoms with Crippen molar-refractivity contribution in [3.8, 4) is 0 Å². The maximum Gasteiger partial charge on any atom is 0.425 e. The third kappa shape index (κ3) is 2.20. The molecule has 0 aliphatic carbocycles. The molecule has 0 unspecified atom stereocenters. The fourth-order valence-electron chi connectivity index (χ4n) is 1.03. The molecule has 0 amide bonds. The molecule has 0 radical (unpaired) electrons. The van der Waals surface area contributed by atoms with Crippen molar-refractivity contribution in [3.63, 3.8) is 0 Å². The molecule has 0 saturated heterocycles. The first-order valence-electron chi connectivity index (χ1n) is 3.54. The average molecular weight is 285 g/mol. The van der Waals surface area contributed by atoms with Gasteiger partial charge in [-0.2, -0.15) is 13.2 Å². The lowest BCUT2D eigenvalue weighted by Gasteiger charge is -2.11. The van der Waals surface area contributed by atoms with Gasteiger partial charge in [-0.05, 0) is 22.0 Å². The quantitative estimate of drug-likeness (QED) is 0.490. The smallest absolute Gasteiger partial charge is 0.397 e. The number of halogens is 4. The molecule has 0 saturated carbocycles. The van der Waals surface area contributed by atoms with Gasteiger partial charge in [-0.15, -0.1) is 0 Å². The monoisotopic (exact) mass is 284 g/mol. The third-order valence-corrected chi connectivity index (χ3v) is 2.34. The second kappa shape index (κ2) is 3.69. The Balaban J connectivity index is 3.57. The molecule has 0 atom stereocenters. The SMILES string of the molecule is Nc1c(Br)ccc([N+](=O)[O-])c1C(F)(F)F. The van der Waals surface area contributed by atoms with E-state index < -0.39 is 28.0 Å². The van der Waals surface area contributed by atoms with E-state index in [1.165, 1.54) is 0 Å². The molecular weight excluding hydrogens is 281 g/mol. The fourth-order valence-corrected chi connectivity index (χ4v) is 1.36. The van der Waals surface area contributed by atoms with E-state index in [1.807, 2.05) is 0 Å². The normalized spacial score (nSPS) is 11.5. The summed E-state index contributed by atoms with van der Waals surface area (Å²) in [6.07, 6.45) is -4.85. The van der Waals surface area contributed by atoms with Gasteiger partial charge in [0, 0.05) is 10.5 Å². The first kappa shape index (κ1) is 11.8. The number of anilines is 1. The summed E-state index contributed by atoms with van der Waals surface area (Å²) in [6, 6.07) is 1.85. The van der Waals surface area contributed by atoms with Crippen LogP contribution in [0, 0.1) is 10.1 Å². The highest BCUT2D eigenvalue weighted by molar-refractivity contribution is 9.10. The Labute approximate surface area is 90.2 Å². The Morgan fingerprint density at radius 2 is 1.93 bits per heavy atom. The molecule has 0 aromatic heterocycles. The summed E-state index contributed by atoms with van der Waals surface area (Å²) in [7, 11) is 0. The predicted octanol–water partition coefficient (Wildman–Crippen LogP) is 2.96. The minimum absolute atomic E-state index is 0.0274. The van der Waals surface area contributed by atoms with Gasteiger partial charge in [0.15, 0.2) is 5.56 Å². The van der Waals surface area contributed by atoms with Crippen molar-refractivity contribution >= 4 is 27.3 Å². The molecule has 82 valence electrons. The number of alkyl halides is 3. The molecule has 1 aromatic carbocycles. The molecule has 0 fully saturated rings. The van der Waals surface area contributed by atoms with Gasteiger partial charge in [-0.1, -0.05) is 0 Å². The minimum Gasteiger partial charge on any atom is -0.397 e. The van der Waals surface area contributed by atoms with Gasteiger partial charge in [-0.25, -0.2) is 0 Å². The van der Waals surface area contributed by atoms with Crippen LogP contribution in [0.5, 0.6) is 0 Å². The van der Waals surface area contributed by atoms with E-state index in [-0.39, 0.29) is 4.47 Å². The van der Waals surface area contributed by atoms with Gasteiger partial charge in [0.25, 0.3) is 5.69 Å². The van der Waals surface area contributed by atoms with E-state index in [1.54, 1.807) is 0 Å². The number of hydrogen-bond acceptors (Lipinski definition) is 3. The van der Waals surface area contributed by atoms with Gasteiger partial charge in [0.05, 0.1) is 10.6 Å². The summed E-state index contributed by atoms with van der Waals surface area (Å²) in [5.74, 6) is 0. The van der Waals surface area contributed by atoms with E-state index in [0.29, 0.717) is 0 Å². The van der Waals surface area contributed by atoms with Gasteiger partial charge >= 0.3 is 6.18 Å². The largest absolute Gasteiger partial charge is 0.425 e. The summed E-state index contributed by atoms with van der Waals surface area (Å²) in [6.45, 7) is 0. The Morgan fingerprint density at radius 1 is 1.40 bits per heavy atom. The zero-order valence-electron chi connectivity index (χ0n) is 7.01. The lowest BCUT2D eigenvalue weighted by atomic mass is 10.1. The van der Waals surface area contributed by atoms with E-state index in [4.69, 9.17) is 5.73 Å². The lowest BCUT2D eigenvalue weighted by Crippen LogP contribution is -2.12. The van der Waals surface area contributed by atoms with Gasteiger partial charge in [0.1, 0.15) is 0 Å². The summed E-state index contributed by atoms with van der Waals surface area (Å²) < 4.78 is 37.3. The maximum absolute atomic E-state index is 12.4. The highest BCUT2D eigenvalue weighted by atomic mass is 79.9. The van der Waals surface area contributed by atoms with Crippen LogP contribution in [0.2, 0.25) is 0 Å². The molecular formula is C7H4BrF3N2O2. The van der Waals surface area contributed by atoms with Crippen molar-refractivity contribution in [2.75, 3.05) is 5.73 Å². The van der Waals surface area contributed by atoms with E-state index >= 15 is 0 Å². The number of nitro benzene ring substituents is 1. The van der Waals surface area contributed by atoms with Crippen LogP contribution in [0.1, 0.15) is 5.56 Å². The van der Waals surface area contributed by atoms with Crippen molar-refractivity contribution in [3.05, 3.63) is 32.3 Å². The van der Waals surface area contributed by atoms with E-state index in [2.05, 4.69) is 15.9 Å². The van der Waals surface area contributed by atoms with Crippen LogP contribution in [-0.2, 0) is 6.18 Å². The summed E-state index contributed by atoms with van der Waals surface area (Å²) in [5.41, 5.74) is 1.97. The van der Waals surface area contributed by atoms with E-state index in [9.17, 15) is 23.3 Å². The van der Waals surface area contributed by atoms with Crippen LogP contribution in [0.3, 0.4) is 0 Å². The molecule has 0 bridgehead atoms. The van der Waals surface area contributed by atoms with Crippen LogP contribution in [0.15, 0.2) is 16.6 Å². The van der Waals surface area contributed by atoms with E-state index in [0.717, 1.165) is 12.1 Å². The van der Waals surface area contributed by atoms with Crippen molar-refractivity contribution in [1.82, 2.24) is 0 Å². The number of nitrogen functional groups attached to an aromatic ring is 1. The molecule has 15 heavy (non-hydrogen) atoms. The number of benzene rings is 1. The number of nitrogens with two attached hydrogens (primary N) is 1. The van der Waals surface area contributed by atoms with Crippen LogP contribution in [-0.4, -0.2) is 4.92 Å². The number of rotatable bonds is 1. The molecule has 0 spiro atoms. The standard InChI is InChI=1S/C7H4BrF3N2O2/c8-3-1-2-4(13(14)15)5(6(3)12)7(9,10)11/h1-2H,12H2. The highest BCUT2D eigenvalue weighted by Crippen LogP contribution is 2.42. The van der Waals surface area contributed by atoms with Crippen LogP contribution >= 0.6 is 15.9 Å². The lowest BCUT2D eigenvalue weighted by molar-refractivity contribution is -0.388. The Bertz CT molecular complexity index is 419. The van der Waals surface area contributed by atoms with Gasteiger partial charge < -0.3 is 5.73 Å². The zero-order valence-corrected chi connectivity index (χ0v) is 8.59. The van der Waals surface area contributed by atoms with Crippen LogP contribution in [0.25, 0.3) is 0 Å². The first-order valence-corrected chi connectivity index (χ1v) is 4.34. The van der Waals surface area contributed by atoms with Crippen molar-refractivity contribution in [2.45, 2.75) is 6.18 Å². The molecule has 2 N–H and O–H groups in total. The molecule has 4 nitrogen and oxygen atoms in total. The molecule has 1 aromatic rings. The molecule has 0 aliphatic heterocycles. The summed E-state index contributed by atoms with van der Waals surface area (Å²) >= 11 is 2.77. The van der Waals surface area contributed by atoms with Crippen LogP contribution in [0.4, 0.5) is 24.5 Å². The Hall–Kier alpha value is -1.31. The molecule has 1 rings (SSSR count). The zero-order chi connectivity index (χ0) is 11.8. The molecule has 0 heterocycles. The Morgan fingerprint density at radius 3 is 2.33 bits per heavy atom. The Kier molecular flexibility index (Phi) is 2.89. The van der Waals surface area contributed by atoms with Crippen LogP contribution < -0.4 is 5.73 Å². The number of nitrogens with zero attached hydrogens (tertiary/aromatic N) is 1. The highest BCUT2D eigenvalue weighted by Gasteiger charge is 2.41. The number of nitro groups is 1. The fraction of sp³-hybridized carbons (Fsp3) is 0.143. The maximum atomic E-state index is 12.4. The van der Waals surface area contributed by atoms with Crippen molar-refractivity contribution in [2.24, 2.45) is 0 Å². The first-order chi connectivity index (χ1) is 6.75. The van der Waals surface area contributed by atoms with Crippen molar-refractivity contribution in [1.29, 1.82) is 0 Å². The molecule has 0 aliphatic rings. The van der Waals surface area contributed by atoms with Gasteiger partial charge in [0.2, 0.25) is 0 Å². The number of hydrogen-bond donors (Lipinski definition) is 1. The molecule has 8 heteroatoms.